The molecule has 15 heavy (non-hydrogen) atoms. The van der Waals surface area contributed by atoms with E-state index in [9.17, 15) is 22.8 Å². The quantitative estimate of drug-likeness (QED) is 0.803. The third-order valence-electron chi connectivity index (χ3n) is 1.92. The van der Waals surface area contributed by atoms with E-state index < -0.39 is 35.7 Å². The average Bonchev–Trinajstić information content (AvgIpc) is 1.94. The van der Waals surface area contributed by atoms with Crippen molar-refractivity contribution in [3.05, 3.63) is 0 Å². The zero-order valence-corrected chi connectivity index (χ0v) is 8.68. The second-order valence-electron chi connectivity index (χ2n) is 4.31. The molecule has 0 saturated heterocycles. The molecule has 0 aliphatic heterocycles. The van der Waals surface area contributed by atoms with Crippen molar-refractivity contribution >= 4 is 11.8 Å². The van der Waals surface area contributed by atoms with Crippen molar-refractivity contribution in [1.82, 2.24) is 0 Å². The largest absolute Gasteiger partial charge is 0.481 e. The normalized spacial score (nSPS) is 14.8. The van der Waals surface area contributed by atoms with E-state index in [4.69, 9.17) is 5.11 Å². The smallest absolute Gasteiger partial charge is 0.402 e. The fourth-order valence-corrected chi connectivity index (χ4v) is 0.835. The first-order valence-electron chi connectivity index (χ1n) is 4.29. The van der Waals surface area contributed by atoms with Gasteiger partial charge in [0, 0.05) is 11.8 Å². The zero-order chi connectivity index (χ0) is 12.4. The molecule has 0 amide bonds. The number of rotatable bonds is 3. The zero-order valence-electron chi connectivity index (χ0n) is 8.68. The van der Waals surface area contributed by atoms with Gasteiger partial charge in [0.1, 0.15) is 5.78 Å². The van der Waals surface area contributed by atoms with Gasteiger partial charge in [-0.15, -0.1) is 0 Å². The van der Waals surface area contributed by atoms with Crippen LogP contribution in [-0.4, -0.2) is 23.0 Å². The molecule has 6 heteroatoms. The summed E-state index contributed by atoms with van der Waals surface area (Å²) < 4.78 is 36.6. The summed E-state index contributed by atoms with van der Waals surface area (Å²) in [5.41, 5.74) is -0.959. The molecule has 0 spiro atoms. The molecule has 88 valence electrons. The van der Waals surface area contributed by atoms with E-state index in [0.717, 1.165) is 0 Å². The molecule has 0 aromatic rings. The number of aliphatic carboxylic acids is 1. The van der Waals surface area contributed by atoms with E-state index >= 15 is 0 Å². The van der Waals surface area contributed by atoms with Crippen molar-refractivity contribution < 1.29 is 27.9 Å². The van der Waals surface area contributed by atoms with Gasteiger partial charge in [-0.3, -0.25) is 9.59 Å². The van der Waals surface area contributed by atoms with Crippen LogP contribution in [0.5, 0.6) is 0 Å². The minimum atomic E-state index is -4.88. The van der Waals surface area contributed by atoms with Gasteiger partial charge in [-0.05, 0) is 0 Å². The summed E-state index contributed by atoms with van der Waals surface area (Å²) in [6, 6.07) is 0. The highest BCUT2D eigenvalue weighted by molar-refractivity contribution is 5.87. The van der Waals surface area contributed by atoms with Crippen LogP contribution in [0, 0.1) is 11.3 Å². The van der Waals surface area contributed by atoms with Crippen LogP contribution in [0.1, 0.15) is 27.2 Å². The first-order valence-corrected chi connectivity index (χ1v) is 4.29. The second-order valence-corrected chi connectivity index (χ2v) is 4.31. The third-order valence-corrected chi connectivity index (χ3v) is 1.92. The molecule has 0 bridgehead atoms. The van der Waals surface area contributed by atoms with Crippen molar-refractivity contribution in [2.45, 2.75) is 33.4 Å². The fraction of sp³-hybridized carbons (Fsp3) is 0.778. The summed E-state index contributed by atoms with van der Waals surface area (Å²) in [6.07, 6.45) is -5.89. The molecule has 0 fully saturated rings. The molecule has 0 heterocycles. The molecular weight excluding hydrogens is 213 g/mol. The Bertz CT molecular complexity index is 263. The molecule has 1 unspecified atom stereocenters. The van der Waals surface area contributed by atoms with Gasteiger partial charge < -0.3 is 5.11 Å². The van der Waals surface area contributed by atoms with Crippen LogP contribution in [-0.2, 0) is 9.59 Å². The van der Waals surface area contributed by atoms with E-state index in [-0.39, 0.29) is 0 Å². The van der Waals surface area contributed by atoms with Crippen LogP contribution in [0.15, 0.2) is 0 Å². The topological polar surface area (TPSA) is 54.4 Å². The lowest BCUT2D eigenvalue weighted by atomic mass is 9.85. The molecule has 0 aliphatic rings. The monoisotopic (exact) mass is 226 g/mol. The molecule has 0 rings (SSSR count). The van der Waals surface area contributed by atoms with Crippen molar-refractivity contribution in [3.8, 4) is 0 Å². The number of carboxylic acids is 1. The van der Waals surface area contributed by atoms with Gasteiger partial charge in [0.25, 0.3) is 0 Å². The van der Waals surface area contributed by atoms with E-state index in [1.165, 1.54) is 20.8 Å². The van der Waals surface area contributed by atoms with Crippen LogP contribution >= 0.6 is 0 Å². The predicted molar refractivity (Wildman–Crippen MR) is 46.3 cm³/mol. The van der Waals surface area contributed by atoms with E-state index in [1.807, 2.05) is 0 Å². The molecule has 1 N–H and O–H groups in total. The van der Waals surface area contributed by atoms with Crippen LogP contribution < -0.4 is 0 Å². The number of carbonyl (C=O) groups is 2. The maximum absolute atomic E-state index is 12.2. The predicted octanol–water partition coefficient (Wildman–Crippen LogP) is 2.25. The molecule has 1 atom stereocenters. The van der Waals surface area contributed by atoms with Gasteiger partial charge in [0.15, 0.2) is 5.92 Å². The highest BCUT2D eigenvalue weighted by Gasteiger charge is 2.47. The van der Waals surface area contributed by atoms with Gasteiger partial charge >= 0.3 is 12.1 Å². The molecule has 3 nitrogen and oxygen atoms in total. The third kappa shape index (κ3) is 4.31. The molecule has 0 aromatic heterocycles. The van der Waals surface area contributed by atoms with E-state index in [1.54, 1.807) is 0 Å². The Labute approximate surface area is 85.3 Å². The molecule has 0 aliphatic carbocycles. The number of hydrogen-bond acceptors (Lipinski definition) is 2. The summed E-state index contributed by atoms with van der Waals surface area (Å²) >= 11 is 0. The molecule has 0 saturated carbocycles. The van der Waals surface area contributed by atoms with Crippen molar-refractivity contribution in [2.75, 3.05) is 0 Å². The second kappa shape index (κ2) is 4.20. The number of ketones is 1. The SMILES string of the molecule is CC(C)(C)C(=O)CC(C(=O)O)C(F)(F)F. The summed E-state index contributed by atoms with van der Waals surface area (Å²) in [6.45, 7) is 4.35. The first-order chi connectivity index (χ1) is 6.46. The number of halogens is 3. The van der Waals surface area contributed by atoms with Crippen molar-refractivity contribution in [3.63, 3.8) is 0 Å². The molecule has 0 radical (unpaired) electrons. The van der Waals surface area contributed by atoms with Gasteiger partial charge in [-0.1, -0.05) is 20.8 Å². The number of carbonyl (C=O) groups excluding carboxylic acids is 1. The number of alkyl halides is 3. The van der Waals surface area contributed by atoms with Gasteiger partial charge in [-0.2, -0.15) is 13.2 Å². The first kappa shape index (κ1) is 13.9. The minimum Gasteiger partial charge on any atom is -0.481 e. The number of carboxylic acid groups (broad SMARTS) is 1. The molecular formula is C9H13F3O3. The highest BCUT2D eigenvalue weighted by atomic mass is 19.4. The maximum atomic E-state index is 12.2. The lowest BCUT2D eigenvalue weighted by Crippen LogP contribution is -2.35. The Morgan fingerprint density at radius 3 is 1.80 bits per heavy atom. The highest BCUT2D eigenvalue weighted by Crippen LogP contribution is 2.31. The standard InChI is InChI=1S/C9H13F3O3/c1-8(2,3)6(13)4-5(7(14)15)9(10,11)12/h5H,4H2,1-3H3,(H,14,15). The summed E-state index contributed by atoms with van der Waals surface area (Å²) in [7, 11) is 0. The van der Waals surface area contributed by atoms with Crippen LogP contribution in [0.25, 0.3) is 0 Å². The Balaban J connectivity index is 4.74. The van der Waals surface area contributed by atoms with Crippen molar-refractivity contribution in [2.24, 2.45) is 11.3 Å². The van der Waals surface area contributed by atoms with Gasteiger partial charge in [0.2, 0.25) is 0 Å². The Kier molecular flexibility index (Phi) is 3.90. The van der Waals surface area contributed by atoms with Crippen LogP contribution in [0.2, 0.25) is 0 Å². The van der Waals surface area contributed by atoms with E-state index in [0.29, 0.717) is 0 Å². The minimum absolute atomic E-state index is 0.716. The summed E-state index contributed by atoms with van der Waals surface area (Å²) in [5.74, 6) is -5.34. The van der Waals surface area contributed by atoms with E-state index in [2.05, 4.69) is 0 Å². The van der Waals surface area contributed by atoms with Crippen molar-refractivity contribution in [1.29, 1.82) is 0 Å². The Hall–Kier alpha value is -1.07. The Morgan fingerprint density at radius 2 is 1.60 bits per heavy atom. The number of Topliss-reactive ketones (excluding diaryl/α,β-unsaturated/α-hetero) is 1. The lowest BCUT2D eigenvalue weighted by Gasteiger charge is -2.21. The maximum Gasteiger partial charge on any atom is 0.402 e. The average molecular weight is 226 g/mol. The Morgan fingerprint density at radius 1 is 1.20 bits per heavy atom. The van der Waals surface area contributed by atoms with Gasteiger partial charge in [0.05, 0.1) is 0 Å². The summed E-state index contributed by atoms with van der Waals surface area (Å²) in [4.78, 5) is 21.6. The number of hydrogen-bond donors (Lipinski definition) is 1. The van der Waals surface area contributed by atoms with Crippen LogP contribution in [0.3, 0.4) is 0 Å². The summed E-state index contributed by atoms with van der Waals surface area (Å²) in [5, 5.41) is 8.35. The van der Waals surface area contributed by atoms with Crippen LogP contribution in [0.4, 0.5) is 13.2 Å². The fourth-order valence-electron chi connectivity index (χ4n) is 0.835. The lowest BCUT2D eigenvalue weighted by molar-refractivity contribution is -0.196. The molecule has 0 aromatic carbocycles. The van der Waals surface area contributed by atoms with Gasteiger partial charge in [-0.25, -0.2) is 0 Å².